The van der Waals surface area contributed by atoms with Crippen LogP contribution < -0.4 is 0 Å². The van der Waals surface area contributed by atoms with Gasteiger partial charge in [-0.2, -0.15) is 13.2 Å². The lowest BCUT2D eigenvalue weighted by Crippen LogP contribution is -2.17. The highest BCUT2D eigenvalue weighted by atomic mass is 32.2. The molecule has 0 aliphatic heterocycles. The van der Waals surface area contributed by atoms with E-state index in [1.807, 2.05) is 0 Å². The molecule has 160 valence electrons. The van der Waals surface area contributed by atoms with E-state index in [-0.39, 0.29) is 33.6 Å². The molecule has 0 saturated carbocycles. The monoisotopic (exact) mass is 449 g/mol. The number of carboxylic acids is 1. The van der Waals surface area contributed by atoms with Crippen molar-refractivity contribution in [2.45, 2.75) is 23.9 Å². The molecule has 3 aromatic heterocycles. The number of nitrogens with zero attached hydrogens (tertiary/aromatic N) is 3. The molecule has 0 fully saturated rings. The van der Waals surface area contributed by atoms with Crippen molar-refractivity contribution in [3.8, 4) is 0 Å². The van der Waals surface area contributed by atoms with Crippen LogP contribution in [0.3, 0.4) is 0 Å². The second kappa shape index (κ2) is 7.34. The summed E-state index contributed by atoms with van der Waals surface area (Å²) in [4.78, 5) is 18.6. The third-order valence-corrected chi connectivity index (χ3v) is 6.48. The van der Waals surface area contributed by atoms with E-state index in [0.717, 1.165) is 10.0 Å². The second-order valence-corrected chi connectivity index (χ2v) is 8.48. The van der Waals surface area contributed by atoms with E-state index < -0.39 is 34.3 Å². The number of pyridine rings is 2. The zero-order chi connectivity index (χ0) is 22.4. The Morgan fingerprint density at radius 3 is 2.55 bits per heavy atom. The van der Waals surface area contributed by atoms with Crippen LogP contribution in [0.15, 0.2) is 59.6 Å². The number of carbonyl (C=O) groups is 1. The minimum atomic E-state index is -4.71. The van der Waals surface area contributed by atoms with Gasteiger partial charge >= 0.3 is 12.1 Å². The van der Waals surface area contributed by atoms with E-state index in [1.54, 1.807) is 18.2 Å². The molecule has 4 rings (SSSR count). The van der Waals surface area contributed by atoms with Gasteiger partial charge in [0.15, 0.2) is 0 Å². The normalized spacial score (nSPS) is 12.5. The summed E-state index contributed by atoms with van der Waals surface area (Å²) < 4.78 is 67.3. The molecule has 1 N–H and O–H groups in total. The molecule has 0 radical (unpaired) electrons. The molecule has 0 unspecified atom stereocenters. The van der Waals surface area contributed by atoms with Crippen molar-refractivity contribution < 1.29 is 31.5 Å². The van der Waals surface area contributed by atoms with E-state index in [2.05, 4.69) is 9.97 Å². The standard InChI is InChI=1S/C20H14F3N3O4S/c21-20(22,23)17-8-7-15-14(25-17)11-13(6-9-18(27)28)26(15)31(29,30)16-5-1-3-12-4-2-10-24-19(12)16/h1-5,7-8,10-11H,6,9H2,(H,27,28). The zero-order valence-corrected chi connectivity index (χ0v) is 16.5. The summed E-state index contributed by atoms with van der Waals surface area (Å²) in [5.74, 6) is -1.18. The first kappa shape index (κ1) is 20.8. The predicted molar refractivity (Wildman–Crippen MR) is 105 cm³/mol. The molecule has 0 saturated heterocycles. The van der Waals surface area contributed by atoms with Crippen LogP contribution in [0.25, 0.3) is 21.9 Å². The van der Waals surface area contributed by atoms with Crippen LogP contribution in [-0.2, 0) is 27.4 Å². The number of hydrogen-bond acceptors (Lipinski definition) is 5. The lowest BCUT2D eigenvalue weighted by atomic mass is 10.2. The van der Waals surface area contributed by atoms with Crippen molar-refractivity contribution >= 4 is 37.9 Å². The van der Waals surface area contributed by atoms with Gasteiger partial charge in [0, 0.05) is 17.3 Å². The number of aryl methyl sites for hydroxylation is 1. The largest absolute Gasteiger partial charge is 0.481 e. The average molecular weight is 449 g/mol. The number of alkyl halides is 3. The van der Waals surface area contributed by atoms with Crippen LogP contribution in [0.4, 0.5) is 13.2 Å². The van der Waals surface area contributed by atoms with Gasteiger partial charge in [-0.3, -0.25) is 9.78 Å². The molecule has 0 amide bonds. The van der Waals surface area contributed by atoms with Gasteiger partial charge in [-0.15, -0.1) is 0 Å². The van der Waals surface area contributed by atoms with Crippen molar-refractivity contribution in [3.05, 3.63) is 66.1 Å². The van der Waals surface area contributed by atoms with Crippen LogP contribution in [0.2, 0.25) is 0 Å². The van der Waals surface area contributed by atoms with E-state index in [4.69, 9.17) is 5.11 Å². The summed E-state index contributed by atoms with van der Waals surface area (Å²) in [5.41, 5.74) is -1.26. The highest BCUT2D eigenvalue weighted by Gasteiger charge is 2.34. The van der Waals surface area contributed by atoms with Crippen molar-refractivity contribution in [1.82, 2.24) is 13.9 Å². The van der Waals surface area contributed by atoms with Gasteiger partial charge in [0.1, 0.15) is 10.6 Å². The third kappa shape index (κ3) is 3.72. The zero-order valence-electron chi connectivity index (χ0n) is 15.7. The number of hydrogen-bond donors (Lipinski definition) is 1. The Morgan fingerprint density at radius 1 is 1.10 bits per heavy atom. The average Bonchev–Trinajstić information content (AvgIpc) is 3.09. The second-order valence-electron chi connectivity index (χ2n) is 6.73. The molecule has 0 aliphatic carbocycles. The van der Waals surface area contributed by atoms with Crippen molar-refractivity contribution in [3.63, 3.8) is 0 Å². The molecule has 0 atom stereocenters. The van der Waals surface area contributed by atoms with Gasteiger partial charge in [0.2, 0.25) is 0 Å². The van der Waals surface area contributed by atoms with Crippen LogP contribution in [0, 0.1) is 0 Å². The number of fused-ring (bicyclic) bond motifs is 2. The van der Waals surface area contributed by atoms with Gasteiger partial charge in [0.05, 0.1) is 23.0 Å². The molecule has 31 heavy (non-hydrogen) atoms. The molecule has 0 aliphatic rings. The van der Waals surface area contributed by atoms with Gasteiger partial charge < -0.3 is 5.11 Å². The fourth-order valence-electron chi connectivity index (χ4n) is 3.35. The van der Waals surface area contributed by atoms with Crippen molar-refractivity contribution in [2.75, 3.05) is 0 Å². The summed E-state index contributed by atoms with van der Waals surface area (Å²) >= 11 is 0. The molecule has 0 bridgehead atoms. The molecule has 11 heteroatoms. The maximum atomic E-state index is 13.6. The summed E-state index contributed by atoms with van der Waals surface area (Å²) in [5, 5.41) is 9.58. The third-order valence-electron chi connectivity index (χ3n) is 4.68. The minimum Gasteiger partial charge on any atom is -0.481 e. The Balaban J connectivity index is 1.99. The lowest BCUT2D eigenvalue weighted by molar-refractivity contribution is -0.141. The molecular weight excluding hydrogens is 435 g/mol. The van der Waals surface area contributed by atoms with Gasteiger partial charge in [-0.1, -0.05) is 18.2 Å². The van der Waals surface area contributed by atoms with Crippen LogP contribution in [0.5, 0.6) is 0 Å². The van der Waals surface area contributed by atoms with E-state index in [1.165, 1.54) is 24.4 Å². The summed E-state index contributed by atoms with van der Waals surface area (Å²) in [6.45, 7) is 0. The van der Waals surface area contributed by atoms with Crippen LogP contribution in [-0.4, -0.2) is 33.4 Å². The number of aromatic nitrogens is 3. The minimum absolute atomic E-state index is 0.0113. The van der Waals surface area contributed by atoms with Crippen LogP contribution >= 0.6 is 0 Å². The molecule has 3 heterocycles. The topological polar surface area (TPSA) is 102 Å². The number of halogens is 3. The Kier molecular flexibility index (Phi) is 4.92. The van der Waals surface area contributed by atoms with E-state index in [0.29, 0.717) is 11.5 Å². The molecule has 7 nitrogen and oxygen atoms in total. The predicted octanol–water partition coefficient (Wildman–Crippen LogP) is 3.86. The smallest absolute Gasteiger partial charge is 0.433 e. The SMILES string of the molecule is O=C(O)CCc1cc2nc(C(F)(F)F)ccc2n1S(=O)(=O)c1cccc2cccnc12. The van der Waals surface area contributed by atoms with Crippen molar-refractivity contribution in [2.24, 2.45) is 0 Å². The Morgan fingerprint density at radius 2 is 1.84 bits per heavy atom. The number of carboxylic acid groups (broad SMARTS) is 1. The van der Waals surface area contributed by atoms with E-state index >= 15 is 0 Å². The fraction of sp³-hybridized carbons (Fsp3) is 0.150. The van der Waals surface area contributed by atoms with Gasteiger partial charge in [-0.25, -0.2) is 17.4 Å². The molecule has 4 aromatic rings. The lowest BCUT2D eigenvalue weighted by Gasteiger charge is -2.13. The van der Waals surface area contributed by atoms with Crippen LogP contribution in [0.1, 0.15) is 17.8 Å². The number of rotatable bonds is 5. The fourth-order valence-corrected chi connectivity index (χ4v) is 5.08. The van der Waals surface area contributed by atoms with Gasteiger partial charge in [-0.05, 0) is 36.8 Å². The first-order valence-corrected chi connectivity index (χ1v) is 10.4. The first-order valence-electron chi connectivity index (χ1n) is 8.99. The maximum absolute atomic E-state index is 13.6. The summed E-state index contributed by atoms with van der Waals surface area (Å²) in [6.07, 6.45) is -3.91. The van der Waals surface area contributed by atoms with Crippen molar-refractivity contribution in [1.29, 1.82) is 0 Å². The molecule has 0 spiro atoms. The Labute approximate surface area is 173 Å². The Hall–Kier alpha value is -3.47. The number of para-hydroxylation sites is 1. The number of benzene rings is 1. The maximum Gasteiger partial charge on any atom is 0.433 e. The number of aliphatic carboxylic acids is 1. The summed E-state index contributed by atoms with van der Waals surface area (Å²) in [6, 6.07) is 10.8. The quantitative estimate of drug-likeness (QED) is 0.497. The van der Waals surface area contributed by atoms with E-state index in [9.17, 15) is 26.4 Å². The highest BCUT2D eigenvalue weighted by molar-refractivity contribution is 7.90. The molecule has 1 aromatic carbocycles. The highest BCUT2D eigenvalue weighted by Crippen LogP contribution is 2.32. The molecular formula is C20H14F3N3O4S. The van der Waals surface area contributed by atoms with Gasteiger partial charge in [0.25, 0.3) is 10.0 Å². The first-order chi connectivity index (χ1) is 14.6. The Bertz CT molecular complexity index is 1420. The summed E-state index contributed by atoms with van der Waals surface area (Å²) in [7, 11) is -4.34.